The Hall–Kier alpha value is -3.09. The molecular formula is C21H23N3O4. The average Bonchev–Trinajstić information content (AvgIpc) is 3.37. The Balaban J connectivity index is 1.61. The van der Waals surface area contributed by atoms with Crippen molar-refractivity contribution in [3.8, 4) is 11.5 Å². The molecule has 1 aromatic carbocycles. The van der Waals surface area contributed by atoms with Gasteiger partial charge in [-0.25, -0.2) is 0 Å². The topological polar surface area (TPSA) is 72.0 Å². The number of carbonyl (C=O) groups excluding carboxylic acids is 2. The Morgan fingerprint density at radius 3 is 2.89 bits per heavy atom. The van der Waals surface area contributed by atoms with E-state index in [2.05, 4.69) is 4.98 Å². The molecule has 4 rings (SSSR count). The van der Waals surface area contributed by atoms with Crippen LogP contribution < -0.4 is 9.47 Å². The molecule has 0 aliphatic carbocycles. The summed E-state index contributed by atoms with van der Waals surface area (Å²) < 4.78 is 11.1. The van der Waals surface area contributed by atoms with Crippen molar-refractivity contribution >= 4 is 11.8 Å². The second-order valence-corrected chi connectivity index (χ2v) is 7.08. The minimum atomic E-state index is -0.414. The van der Waals surface area contributed by atoms with E-state index in [1.165, 1.54) is 6.92 Å². The van der Waals surface area contributed by atoms with Crippen LogP contribution in [-0.2, 0) is 22.7 Å². The smallest absolute Gasteiger partial charge is 0.245 e. The van der Waals surface area contributed by atoms with Crippen molar-refractivity contribution in [1.29, 1.82) is 0 Å². The number of carbonyl (C=O) groups is 2. The van der Waals surface area contributed by atoms with Gasteiger partial charge in [0.15, 0.2) is 11.5 Å². The fourth-order valence-corrected chi connectivity index (χ4v) is 3.86. The maximum atomic E-state index is 13.4. The van der Waals surface area contributed by atoms with Crippen LogP contribution in [0, 0.1) is 0 Å². The van der Waals surface area contributed by atoms with Crippen LogP contribution in [0.15, 0.2) is 42.7 Å². The number of ether oxygens (including phenoxy) is 2. The number of fused-ring (bicyclic) bond motifs is 1. The standard InChI is InChI=1S/C21H23N3O4/c1-15(25)24-10-4-7-18(24)21(26)23(12-16-5-3-9-22-11-16)13-17-6-2-8-19-20(17)28-14-27-19/h2-3,5-6,8-9,11,18H,4,7,10,12-14H2,1H3. The van der Waals surface area contributed by atoms with E-state index in [9.17, 15) is 9.59 Å². The maximum absolute atomic E-state index is 13.4. The predicted octanol–water partition coefficient (Wildman–Crippen LogP) is 2.35. The quantitative estimate of drug-likeness (QED) is 0.795. The molecule has 1 aromatic heterocycles. The normalized spacial score (nSPS) is 17.6. The lowest BCUT2D eigenvalue weighted by molar-refractivity contribution is -0.143. The molecule has 7 nitrogen and oxygen atoms in total. The van der Waals surface area contributed by atoms with Gasteiger partial charge in [0.25, 0.3) is 0 Å². The molecule has 3 heterocycles. The molecule has 1 saturated heterocycles. The number of pyridine rings is 1. The van der Waals surface area contributed by atoms with Crippen LogP contribution in [-0.4, -0.2) is 46.0 Å². The predicted molar refractivity (Wildman–Crippen MR) is 101 cm³/mol. The number of benzene rings is 1. The zero-order chi connectivity index (χ0) is 19.5. The summed E-state index contributed by atoms with van der Waals surface area (Å²) in [6.07, 6.45) is 4.99. The van der Waals surface area contributed by atoms with E-state index in [0.29, 0.717) is 37.6 Å². The lowest BCUT2D eigenvalue weighted by atomic mass is 10.1. The number of likely N-dealkylation sites (tertiary alicyclic amines) is 1. The van der Waals surface area contributed by atoms with Crippen LogP contribution in [0.5, 0.6) is 11.5 Å². The van der Waals surface area contributed by atoms with Crippen molar-refractivity contribution in [2.75, 3.05) is 13.3 Å². The van der Waals surface area contributed by atoms with Crippen LogP contribution in [0.3, 0.4) is 0 Å². The number of hydrogen-bond donors (Lipinski definition) is 0. The van der Waals surface area contributed by atoms with Gasteiger partial charge in [0, 0.05) is 44.5 Å². The summed E-state index contributed by atoms with van der Waals surface area (Å²) in [7, 11) is 0. The van der Waals surface area contributed by atoms with E-state index in [0.717, 1.165) is 17.5 Å². The maximum Gasteiger partial charge on any atom is 0.245 e. The largest absolute Gasteiger partial charge is 0.454 e. The summed E-state index contributed by atoms with van der Waals surface area (Å²) in [6.45, 7) is 3.13. The zero-order valence-corrected chi connectivity index (χ0v) is 15.8. The van der Waals surface area contributed by atoms with Crippen molar-refractivity contribution < 1.29 is 19.1 Å². The van der Waals surface area contributed by atoms with Gasteiger partial charge in [0.05, 0.1) is 0 Å². The van der Waals surface area contributed by atoms with Crippen molar-refractivity contribution in [3.05, 3.63) is 53.9 Å². The van der Waals surface area contributed by atoms with Gasteiger partial charge in [-0.2, -0.15) is 0 Å². The van der Waals surface area contributed by atoms with E-state index in [-0.39, 0.29) is 18.6 Å². The number of hydrogen-bond acceptors (Lipinski definition) is 5. The molecule has 2 amide bonds. The number of nitrogens with zero attached hydrogens (tertiary/aromatic N) is 3. The summed E-state index contributed by atoms with van der Waals surface area (Å²) in [6, 6.07) is 9.07. The second-order valence-electron chi connectivity index (χ2n) is 7.08. The lowest BCUT2D eigenvalue weighted by Crippen LogP contribution is -2.46. The van der Waals surface area contributed by atoms with Crippen LogP contribution >= 0.6 is 0 Å². The SMILES string of the molecule is CC(=O)N1CCCC1C(=O)N(Cc1cccnc1)Cc1cccc2c1OCO2. The van der Waals surface area contributed by atoms with E-state index >= 15 is 0 Å². The third-order valence-electron chi connectivity index (χ3n) is 5.19. The molecule has 0 bridgehead atoms. The van der Waals surface area contributed by atoms with Crippen molar-refractivity contribution in [1.82, 2.24) is 14.8 Å². The van der Waals surface area contributed by atoms with E-state index in [4.69, 9.17) is 9.47 Å². The van der Waals surface area contributed by atoms with Gasteiger partial charge < -0.3 is 19.3 Å². The fraction of sp³-hybridized carbons (Fsp3) is 0.381. The summed E-state index contributed by atoms with van der Waals surface area (Å²) >= 11 is 0. The van der Waals surface area contributed by atoms with Crippen LogP contribution in [0.2, 0.25) is 0 Å². The van der Waals surface area contributed by atoms with Crippen LogP contribution in [0.4, 0.5) is 0 Å². The molecule has 1 atom stereocenters. The average molecular weight is 381 g/mol. The Bertz CT molecular complexity index is 871. The molecule has 2 aliphatic rings. The molecule has 146 valence electrons. The highest BCUT2D eigenvalue weighted by molar-refractivity contribution is 5.87. The Morgan fingerprint density at radius 2 is 2.11 bits per heavy atom. The molecule has 7 heteroatoms. The van der Waals surface area contributed by atoms with Crippen LogP contribution in [0.1, 0.15) is 30.9 Å². The van der Waals surface area contributed by atoms with Gasteiger partial charge in [0.1, 0.15) is 6.04 Å². The van der Waals surface area contributed by atoms with Gasteiger partial charge in [0.2, 0.25) is 18.6 Å². The fourth-order valence-electron chi connectivity index (χ4n) is 3.86. The molecule has 0 saturated carbocycles. The highest BCUT2D eigenvalue weighted by atomic mass is 16.7. The third-order valence-corrected chi connectivity index (χ3v) is 5.19. The van der Waals surface area contributed by atoms with Crippen molar-refractivity contribution in [2.24, 2.45) is 0 Å². The third kappa shape index (κ3) is 3.65. The van der Waals surface area contributed by atoms with Crippen molar-refractivity contribution in [2.45, 2.75) is 38.9 Å². The van der Waals surface area contributed by atoms with Gasteiger partial charge in [-0.15, -0.1) is 0 Å². The first-order valence-electron chi connectivity index (χ1n) is 9.46. The van der Waals surface area contributed by atoms with Crippen molar-refractivity contribution in [3.63, 3.8) is 0 Å². The minimum Gasteiger partial charge on any atom is -0.454 e. The summed E-state index contributed by atoms with van der Waals surface area (Å²) in [5, 5.41) is 0. The summed E-state index contributed by atoms with van der Waals surface area (Å²) in [4.78, 5) is 33.0. The van der Waals surface area contributed by atoms with Crippen LogP contribution in [0.25, 0.3) is 0 Å². The minimum absolute atomic E-state index is 0.0481. The van der Waals surface area contributed by atoms with Gasteiger partial charge >= 0.3 is 0 Å². The number of amides is 2. The molecular weight excluding hydrogens is 358 g/mol. The van der Waals surface area contributed by atoms with Gasteiger partial charge in [-0.1, -0.05) is 18.2 Å². The number of aromatic nitrogens is 1. The molecule has 28 heavy (non-hydrogen) atoms. The first kappa shape index (κ1) is 18.3. The molecule has 1 unspecified atom stereocenters. The summed E-state index contributed by atoms with van der Waals surface area (Å²) in [5.74, 6) is 1.27. The highest BCUT2D eigenvalue weighted by Crippen LogP contribution is 2.36. The first-order valence-corrected chi connectivity index (χ1v) is 9.46. The Kier molecular flexibility index (Phi) is 5.14. The van der Waals surface area contributed by atoms with Gasteiger partial charge in [-0.05, 0) is 30.5 Å². The first-order chi connectivity index (χ1) is 13.6. The zero-order valence-electron chi connectivity index (χ0n) is 15.8. The second kappa shape index (κ2) is 7.88. The molecule has 1 fully saturated rings. The molecule has 2 aliphatic heterocycles. The summed E-state index contributed by atoms with van der Waals surface area (Å²) in [5.41, 5.74) is 1.83. The molecule has 0 spiro atoms. The Morgan fingerprint density at radius 1 is 1.21 bits per heavy atom. The lowest BCUT2D eigenvalue weighted by Gasteiger charge is -2.30. The van der Waals surface area contributed by atoms with E-state index in [1.54, 1.807) is 22.2 Å². The highest BCUT2D eigenvalue weighted by Gasteiger charge is 2.35. The number of para-hydroxylation sites is 1. The monoisotopic (exact) mass is 381 g/mol. The van der Waals surface area contributed by atoms with Gasteiger partial charge in [-0.3, -0.25) is 14.6 Å². The molecule has 2 aromatic rings. The number of rotatable bonds is 5. The molecule has 0 radical (unpaired) electrons. The van der Waals surface area contributed by atoms with E-state index < -0.39 is 6.04 Å². The van der Waals surface area contributed by atoms with E-state index in [1.807, 2.05) is 30.3 Å². The Labute approximate surface area is 163 Å². The molecule has 0 N–H and O–H groups in total.